The van der Waals surface area contributed by atoms with Gasteiger partial charge in [0.1, 0.15) is 4.88 Å². The van der Waals surface area contributed by atoms with Gasteiger partial charge in [0.15, 0.2) is 5.13 Å². The number of hydrogen-bond acceptors (Lipinski definition) is 5. The summed E-state index contributed by atoms with van der Waals surface area (Å²) in [5, 5.41) is 3.30. The van der Waals surface area contributed by atoms with Crippen LogP contribution in [-0.2, 0) is 11.0 Å². The smallest absolute Gasteiger partial charge is 0.353 e. The van der Waals surface area contributed by atoms with Gasteiger partial charge in [0, 0.05) is 32.2 Å². The molecular formula is C14H21F3N4OS. The highest BCUT2D eigenvalue weighted by Crippen LogP contribution is 2.36. The van der Waals surface area contributed by atoms with Crippen molar-refractivity contribution >= 4 is 22.4 Å². The molecule has 0 saturated carbocycles. The molecule has 0 aromatic carbocycles. The summed E-state index contributed by atoms with van der Waals surface area (Å²) in [6, 6.07) is 0.153. The number of halogens is 3. The van der Waals surface area contributed by atoms with Crippen LogP contribution >= 0.6 is 11.3 Å². The Morgan fingerprint density at radius 2 is 2.04 bits per heavy atom. The first-order chi connectivity index (χ1) is 10.8. The first-order valence-corrected chi connectivity index (χ1v) is 8.41. The molecule has 9 heteroatoms. The zero-order valence-corrected chi connectivity index (χ0v) is 14.0. The van der Waals surface area contributed by atoms with Crippen molar-refractivity contribution in [3.8, 4) is 0 Å². The van der Waals surface area contributed by atoms with Gasteiger partial charge in [-0.15, -0.1) is 0 Å². The van der Waals surface area contributed by atoms with Crippen LogP contribution in [0.5, 0.6) is 0 Å². The molecule has 1 aliphatic rings. The summed E-state index contributed by atoms with van der Waals surface area (Å²) >= 11 is 0.665. The van der Waals surface area contributed by atoms with Crippen molar-refractivity contribution in [1.82, 2.24) is 15.2 Å². The molecule has 0 radical (unpaired) electrons. The number of amides is 1. The second-order valence-corrected chi connectivity index (χ2v) is 6.65. The highest BCUT2D eigenvalue weighted by atomic mass is 32.1. The minimum absolute atomic E-state index is 0.0126. The third-order valence-corrected chi connectivity index (χ3v) is 4.91. The lowest BCUT2D eigenvalue weighted by atomic mass is 10.2. The van der Waals surface area contributed by atoms with Crippen LogP contribution in [0, 0.1) is 0 Å². The normalized spacial score (nSPS) is 18.0. The fraction of sp³-hybridized carbons (Fsp3) is 0.714. The van der Waals surface area contributed by atoms with E-state index in [2.05, 4.69) is 10.3 Å². The molecule has 1 aromatic heterocycles. The summed E-state index contributed by atoms with van der Waals surface area (Å²) in [5.41, 5.74) is 0. The zero-order valence-electron chi connectivity index (χ0n) is 13.2. The molecule has 1 aromatic rings. The first kappa shape index (κ1) is 18.0. The highest BCUT2D eigenvalue weighted by molar-refractivity contribution is 7.15. The molecule has 1 fully saturated rings. The van der Waals surface area contributed by atoms with E-state index < -0.39 is 11.1 Å². The van der Waals surface area contributed by atoms with E-state index in [4.69, 9.17) is 0 Å². The number of nitrogens with zero attached hydrogens (tertiary/aromatic N) is 3. The molecule has 0 aliphatic carbocycles. The fourth-order valence-corrected chi connectivity index (χ4v) is 3.10. The standard InChI is InChI=1S/C14H21F3N4OS/c1-3-10(2)19-12(22)9-20-4-6-21(7-5-20)13-18-8-11(23-13)14(15,16)17/h8,10H,3-7,9H2,1-2H3,(H,19,22). The van der Waals surface area contributed by atoms with Crippen molar-refractivity contribution in [2.24, 2.45) is 0 Å². The van der Waals surface area contributed by atoms with Gasteiger partial charge in [0.2, 0.25) is 5.91 Å². The number of carbonyl (C=O) groups is 1. The summed E-state index contributed by atoms with van der Waals surface area (Å²) in [7, 11) is 0. The van der Waals surface area contributed by atoms with Gasteiger partial charge in [0.25, 0.3) is 0 Å². The molecule has 1 N–H and O–H groups in total. The first-order valence-electron chi connectivity index (χ1n) is 7.59. The van der Waals surface area contributed by atoms with Gasteiger partial charge in [-0.05, 0) is 13.3 Å². The summed E-state index contributed by atoms with van der Waals surface area (Å²) in [6.07, 6.45) is -2.58. The number of rotatable bonds is 5. The van der Waals surface area contributed by atoms with Crippen LogP contribution in [0.1, 0.15) is 25.1 Å². The Morgan fingerprint density at radius 1 is 1.39 bits per heavy atom. The third-order valence-electron chi connectivity index (χ3n) is 3.80. The Labute approximate surface area is 137 Å². The topological polar surface area (TPSA) is 48.5 Å². The van der Waals surface area contributed by atoms with Crippen LogP contribution in [-0.4, -0.2) is 54.6 Å². The molecule has 1 amide bonds. The molecule has 2 heterocycles. The summed E-state index contributed by atoms with van der Waals surface area (Å²) in [4.78, 5) is 18.9. The van der Waals surface area contributed by atoms with E-state index in [0.29, 0.717) is 49.2 Å². The minimum atomic E-state index is -4.34. The van der Waals surface area contributed by atoms with E-state index in [0.717, 1.165) is 12.6 Å². The Kier molecular flexibility index (Phi) is 5.85. The number of aromatic nitrogens is 1. The Balaban J connectivity index is 1.82. The Morgan fingerprint density at radius 3 is 2.57 bits per heavy atom. The quantitative estimate of drug-likeness (QED) is 0.884. The predicted octanol–water partition coefficient (Wildman–Crippen LogP) is 2.20. The van der Waals surface area contributed by atoms with Gasteiger partial charge in [-0.1, -0.05) is 18.3 Å². The van der Waals surface area contributed by atoms with Crippen molar-refractivity contribution in [1.29, 1.82) is 0 Å². The Hall–Kier alpha value is -1.35. The number of thiazole rings is 1. The van der Waals surface area contributed by atoms with Crippen LogP contribution in [0.2, 0.25) is 0 Å². The number of alkyl halides is 3. The lowest BCUT2D eigenvalue weighted by Gasteiger charge is -2.34. The average molecular weight is 350 g/mol. The summed E-state index contributed by atoms with van der Waals surface area (Å²) in [6.45, 7) is 6.69. The van der Waals surface area contributed by atoms with E-state index in [1.807, 2.05) is 23.6 Å². The van der Waals surface area contributed by atoms with Gasteiger partial charge in [0.05, 0.1) is 12.7 Å². The number of hydrogen-bond donors (Lipinski definition) is 1. The van der Waals surface area contributed by atoms with E-state index in [9.17, 15) is 18.0 Å². The van der Waals surface area contributed by atoms with Crippen LogP contribution in [0.15, 0.2) is 6.20 Å². The number of nitrogens with one attached hydrogen (secondary N) is 1. The Bertz CT molecular complexity index is 526. The molecule has 2 rings (SSSR count). The second kappa shape index (κ2) is 7.48. The lowest BCUT2D eigenvalue weighted by molar-refractivity contribution is -0.134. The maximum atomic E-state index is 12.6. The van der Waals surface area contributed by atoms with Gasteiger partial charge < -0.3 is 10.2 Å². The zero-order chi connectivity index (χ0) is 17.0. The van der Waals surface area contributed by atoms with E-state index in [-0.39, 0.29) is 11.9 Å². The molecule has 5 nitrogen and oxygen atoms in total. The lowest BCUT2D eigenvalue weighted by Crippen LogP contribution is -2.50. The van der Waals surface area contributed by atoms with Gasteiger partial charge in [-0.3, -0.25) is 9.69 Å². The van der Waals surface area contributed by atoms with Gasteiger partial charge >= 0.3 is 6.18 Å². The third kappa shape index (κ3) is 5.07. The maximum absolute atomic E-state index is 12.6. The van der Waals surface area contributed by atoms with E-state index in [1.54, 1.807) is 0 Å². The molecule has 1 aliphatic heterocycles. The molecule has 130 valence electrons. The van der Waals surface area contributed by atoms with Crippen molar-refractivity contribution in [2.75, 3.05) is 37.6 Å². The van der Waals surface area contributed by atoms with Crippen LogP contribution in [0.4, 0.5) is 18.3 Å². The van der Waals surface area contributed by atoms with Crippen LogP contribution in [0.3, 0.4) is 0 Å². The average Bonchev–Trinajstić information content (AvgIpc) is 2.97. The fourth-order valence-electron chi connectivity index (χ4n) is 2.27. The van der Waals surface area contributed by atoms with Crippen molar-refractivity contribution in [2.45, 2.75) is 32.5 Å². The largest absolute Gasteiger partial charge is 0.427 e. The summed E-state index contributed by atoms with van der Waals surface area (Å²) in [5.74, 6) is -0.0126. The molecular weight excluding hydrogens is 329 g/mol. The monoisotopic (exact) mass is 350 g/mol. The van der Waals surface area contributed by atoms with Crippen LogP contribution < -0.4 is 10.2 Å². The second-order valence-electron chi connectivity index (χ2n) is 5.64. The molecule has 1 atom stereocenters. The number of piperazine rings is 1. The number of anilines is 1. The van der Waals surface area contributed by atoms with Gasteiger partial charge in [-0.25, -0.2) is 4.98 Å². The van der Waals surface area contributed by atoms with Crippen molar-refractivity contribution in [3.63, 3.8) is 0 Å². The van der Waals surface area contributed by atoms with Crippen molar-refractivity contribution < 1.29 is 18.0 Å². The summed E-state index contributed by atoms with van der Waals surface area (Å²) < 4.78 is 37.8. The molecule has 0 bridgehead atoms. The van der Waals surface area contributed by atoms with Crippen LogP contribution in [0.25, 0.3) is 0 Å². The van der Waals surface area contributed by atoms with Gasteiger partial charge in [-0.2, -0.15) is 13.2 Å². The molecule has 1 unspecified atom stereocenters. The number of carbonyl (C=O) groups excluding carboxylic acids is 1. The minimum Gasteiger partial charge on any atom is -0.353 e. The predicted molar refractivity (Wildman–Crippen MR) is 83.7 cm³/mol. The molecule has 0 spiro atoms. The highest BCUT2D eigenvalue weighted by Gasteiger charge is 2.34. The molecule has 23 heavy (non-hydrogen) atoms. The SMILES string of the molecule is CCC(C)NC(=O)CN1CCN(c2ncc(C(F)(F)F)s2)CC1. The maximum Gasteiger partial charge on any atom is 0.427 e. The molecule has 1 saturated heterocycles. The van der Waals surface area contributed by atoms with E-state index >= 15 is 0 Å². The van der Waals surface area contributed by atoms with Crippen molar-refractivity contribution in [3.05, 3.63) is 11.1 Å². The van der Waals surface area contributed by atoms with E-state index in [1.165, 1.54) is 0 Å².